The van der Waals surface area contributed by atoms with E-state index in [2.05, 4.69) is 10.4 Å². The molecule has 1 unspecified atom stereocenters. The lowest BCUT2D eigenvalue weighted by atomic mass is 10.0. The fourth-order valence-corrected chi connectivity index (χ4v) is 4.20. The van der Waals surface area contributed by atoms with Crippen LogP contribution in [-0.2, 0) is 11.3 Å². The van der Waals surface area contributed by atoms with Gasteiger partial charge in [-0.3, -0.25) is 4.79 Å². The number of aromatic nitrogens is 2. The Labute approximate surface area is 218 Å². The lowest BCUT2D eigenvalue weighted by molar-refractivity contribution is 0.0718. The van der Waals surface area contributed by atoms with Crippen molar-refractivity contribution in [1.29, 1.82) is 0 Å². The van der Waals surface area contributed by atoms with Gasteiger partial charge in [-0.1, -0.05) is 48.5 Å². The highest BCUT2D eigenvalue weighted by atomic mass is 19.3. The molecular formula is C29H27F3N4O2. The third-order valence-corrected chi connectivity index (χ3v) is 6.41. The van der Waals surface area contributed by atoms with Crippen LogP contribution in [-0.4, -0.2) is 22.3 Å². The summed E-state index contributed by atoms with van der Waals surface area (Å²) in [5.74, 6) is -0.932. The van der Waals surface area contributed by atoms with Gasteiger partial charge in [-0.15, -0.1) is 0 Å². The van der Waals surface area contributed by atoms with Crippen molar-refractivity contribution in [3.05, 3.63) is 113 Å². The average molecular weight is 521 g/mol. The second-order valence-corrected chi connectivity index (χ2v) is 9.30. The second-order valence-electron chi connectivity index (χ2n) is 9.30. The molecule has 1 aliphatic carbocycles. The predicted molar refractivity (Wildman–Crippen MR) is 138 cm³/mol. The molecule has 3 N–H and O–H groups in total. The number of anilines is 1. The molecule has 1 atom stereocenters. The van der Waals surface area contributed by atoms with Gasteiger partial charge >= 0.3 is 0 Å². The number of alkyl halides is 2. The van der Waals surface area contributed by atoms with Gasteiger partial charge in [0.2, 0.25) is 0 Å². The number of halogens is 3. The number of nitrogens with zero attached hydrogens (tertiary/aromatic N) is 2. The van der Waals surface area contributed by atoms with E-state index < -0.39 is 29.9 Å². The van der Waals surface area contributed by atoms with Gasteiger partial charge in [0.1, 0.15) is 23.3 Å². The molecule has 3 aromatic carbocycles. The van der Waals surface area contributed by atoms with Gasteiger partial charge in [-0.05, 0) is 65.8 Å². The van der Waals surface area contributed by atoms with E-state index in [0.29, 0.717) is 23.8 Å². The van der Waals surface area contributed by atoms with E-state index in [1.807, 2.05) is 30.3 Å². The van der Waals surface area contributed by atoms with Crippen molar-refractivity contribution >= 4 is 11.6 Å². The number of rotatable bonds is 10. The number of ether oxygens (including phenoxy) is 1. The molecule has 9 heteroatoms. The summed E-state index contributed by atoms with van der Waals surface area (Å²) < 4.78 is 49.2. The van der Waals surface area contributed by atoms with Gasteiger partial charge in [0.15, 0.2) is 0 Å². The van der Waals surface area contributed by atoms with Crippen molar-refractivity contribution in [1.82, 2.24) is 9.78 Å². The maximum Gasteiger partial charge on any atom is 0.282 e. The smallest absolute Gasteiger partial charge is 0.282 e. The van der Waals surface area contributed by atoms with Crippen molar-refractivity contribution in [3.63, 3.8) is 0 Å². The third kappa shape index (κ3) is 5.79. The molecule has 5 rings (SSSR count). The van der Waals surface area contributed by atoms with Crippen LogP contribution in [0.5, 0.6) is 0 Å². The first-order valence-electron chi connectivity index (χ1n) is 12.4. The number of hydrogen-bond donors (Lipinski definition) is 2. The summed E-state index contributed by atoms with van der Waals surface area (Å²) >= 11 is 0. The Bertz CT molecular complexity index is 1420. The van der Waals surface area contributed by atoms with Gasteiger partial charge in [-0.2, -0.15) is 5.10 Å². The van der Waals surface area contributed by atoms with Gasteiger partial charge in [0.05, 0.1) is 18.0 Å². The number of benzene rings is 3. The highest BCUT2D eigenvalue weighted by Gasteiger charge is 2.26. The number of nitrogens with two attached hydrogens (primary N) is 1. The number of hydrogen-bond acceptors (Lipinski definition) is 4. The maximum absolute atomic E-state index is 14.9. The zero-order valence-electron chi connectivity index (χ0n) is 20.5. The molecule has 4 aromatic rings. The predicted octanol–water partition coefficient (Wildman–Crippen LogP) is 6.18. The van der Waals surface area contributed by atoms with Crippen molar-refractivity contribution in [2.75, 3.05) is 11.9 Å². The molecule has 196 valence electrons. The Kier molecular flexibility index (Phi) is 7.57. The highest BCUT2D eigenvalue weighted by Crippen LogP contribution is 2.34. The summed E-state index contributed by atoms with van der Waals surface area (Å²) in [7, 11) is 0. The molecule has 1 saturated carbocycles. The summed E-state index contributed by atoms with van der Waals surface area (Å²) in [4.78, 5) is 13.3. The fraction of sp³-hybridized carbons (Fsp3) is 0.241. The van der Waals surface area contributed by atoms with E-state index in [4.69, 9.17) is 10.5 Å². The summed E-state index contributed by atoms with van der Waals surface area (Å²) in [6, 6.07) is 21.7. The van der Waals surface area contributed by atoms with Crippen LogP contribution in [0.15, 0.2) is 78.9 Å². The molecule has 6 nitrogen and oxygen atoms in total. The molecule has 1 fully saturated rings. The van der Waals surface area contributed by atoms with Crippen LogP contribution in [0.4, 0.5) is 18.9 Å². The van der Waals surface area contributed by atoms with Gasteiger partial charge in [0, 0.05) is 6.54 Å². The molecule has 1 heterocycles. The lowest BCUT2D eigenvalue weighted by Crippen LogP contribution is -2.18. The normalized spacial score (nSPS) is 14.0. The second kappa shape index (κ2) is 11.2. The van der Waals surface area contributed by atoms with Crippen LogP contribution >= 0.6 is 0 Å². The van der Waals surface area contributed by atoms with Crippen LogP contribution in [0, 0.1) is 11.7 Å². The van der Waals surface area contributed by atoms with E-state index in [1.165, 1.54) is 12.1 Å². The Morgan fingerprint density at radius 2 is 1.82 bits per heavy atom. The number of amides is 1. The molecule has 1 aliphatic rings. The summed E-state index contributed by atoms with van der Waals surface area (Å²) in [5, 5.41) is 6.47. The topological polar surface area (TPSA) is 82.2 Å². The Morgan fingerprint density at radius 3 is 2.53 bits per heavy atom. The van der Waals surface area contributed by atoms with Crippen molar-refractivity contribution in [2.45, 2.75) is 31.9 Å². The van der Waals surface area contributed by atoms with Gasteiger partial charge < -0.3 is 15.8 Å². The molecule has 1 aromatic heterocycles. The SMILES string of the molecule is NCc1cccc(-n2nc(C(F)F)cc2C(=O)Nc2cc(C(OCC3CC3)c3ccccc3)ccc2F)c1. The molecule has 0 bridgehead atoms. The minimum absolute atomic E-state index is 0.0921. The quantitative estimate of drug-likeness (QED) is 0.262. The highest BCUT2D eigenvalue weighted by molar-refractivity contribution is 6.03. The van der Waals surface area contributed by atoms with Gasteiger partial charge in [-0.25, -0.2) is 17.9 Å². The average Bonchev–Trinajstić information content (AvgIpc) is 3.65. The zero-order valence-corrected chi connectivity index (χ0v) is 20.5. The standard InChI is InChI=1S/C29H27F3N4O2/c30-23-12-11-21(27(38-17-18-9-10-18)20-6-2-1-3-7-20)14-24(23)34-29(37)26-15-25(28(31)32)35-36(26)22-8-4-5-19(13-22)16-33/h1-8,11-15,18,27-28H,9-10,16-17,33H2,(H,34,37). The van der Waals surface area contributed by atoms with Crippen LogP contribution in [0.1, 0.15) is 58.2 Å². The molecule has 0 saturated heterocycles. The summed E-state index contributed by atoms with van der Waals surface area (Å²) in [5.41, 5.74) is 7.56. The minimum atomic E-state index is -2.89. The van der Waals surface area contributed by atoms with Crippen LogP contribution in [0.3, 0.4) is 0 Å². The van der Waals surface area contributed by atoms with Crippen molar-refractivity contribution < 1.29 is 22.7 Å². The first kappa shape index (κ1) is 25.7. The largest absolute Gasteiger partial charge is 0.368 e. The van der Waals surface area contributed by atoms with Crippen molar-refractivity contribution in [2.24, 2.45) is 11.7 Å². The molecule has 0 spiro atoms. The van der Waals surface area contributed by atoms with E-state index >= 15 is 0 Å². The maximum atomic E-state index is 14.9. The molecular weight excluding hydrogens is 493 g/mol. The van der Waals surface area contributed by atoms with Crippen LogP contribution < -0.4 is 11.1 Å². The fourth-order valence-electron chi connectivity index (χ4n) is 4.20. The van der Waals surface area contributed by atoms with E-state index in [1.54, 1.807) is 30.3 Å². The van der Waals surface area contributed by atoms with Crippen LogP contribution in [0.2, 0.25) is 0 Å². The monoisotopic (exact) mass is 520 g/mol. The number of carbonyl (C=O) groups is 1. The minimum Gasteiger partial charge on any atom is -0.368 e. The Morgan fingerprint density at radius 1 is 1.03 bits per heavy atom. The first-order chi connectivity index (χ1) is 18.4. The zero-order chi connectivity index (χ0) is 26.6. The first-order valence-corrected chi connectivity index (χ1v) is 12.4. The van der Waals surface area contributed by atoms with E-state index in [9.17, 15) is 18.0 Å². The summed E-state index contributed by atoms with van der Waals surface area (Å²) in [6.07, 6.45) is -1.11. The summed E-state index contributed by atoms with van der Waals surface area (Å²) in [6.45, 7) is 0.803. The molecule has 1 amide bonds. The molecule has 0 aliphatic heterocycles. The Hall–Kier alpha value is -3.95. The third-order valence-electron chi connectivity index (χ3n) is 6.41. The molecule has 38 heavy (non-hydrogen) atoms. The van der Waals surface area contributed by atoms with Crippen LogP contribution in [0.25, 0.3) is 5.69 Å². The van der Waals surface area contributed by atoms with E-state index in [0.717, 1.165) is 34.7 Å². The van der Waals surface area contributed by atoms with Crippen molar-refractivity contribution in [3.8, 4) is 5.69 Å². The van der Waals surface area contributed by atoms with Gasteiger partial charge in [0.25, 0.3) is 12.3 Å². The lowest BCUT2D eigenvalue weighted by Gasteiger charge is -2.20. The van der Waals surface area contributed by atoms with E-state index in [-0.39, 0.29) is 17.9 Å². The number of carbonyl (C=O) groups excluding carboxylic acids is 1. The number of nitrogens with one attached hydrogen (secondary N) is 1. The Balaban J connectivity index is 1.46. The molecule has 0 radical (unpaired) electrons.